The highest BCUT2D eigenvalue weighted by Crippen LogP contribution is 2.28. The first kappa shape index (κ1) is 22.4. The number of hydrogen-bond acceptors (Lipinski definition) is 6. The minimum atomic E-state index is -0.235. The molecule has 164 valence electrons. The summed E-state index contributed by atoms with van der Waals surface area (Å²) in [6.07, 6.45) is 3.52. The molecule has 3 rings (SSSR count). The molecule has 1 saturated heterocycles. The van der Waals surface area contributed by atoms with E-state index in [1.54, 1.807) is 4.90 Å². The number of nitrogens with zero attached hydrogens (tertiary/aromatic N) is 3. The summed E-state index contributed by atoms with van der Waals surface area (Å²) < 4.78 is 0. The molecule has 31 heavy (non-hydrogen) atoms. The van der Waals surface area contributed by atoms with E-state index >= 15 is 0 Å². The smallest absolute Gasteiger partial charge is 0.265 e. The second-order valence-electron chi connectivity index (χ2n) is 7.44. The van der Waals surface area contributed by atoms with Crippen molar-refractivity contribution in [3.8, 4) is 0 Å². The number of anilines is 1. The Morgan fingerprint density at radius 3 is 2.48 bits per heavy atom. The van der Waals surface area contributed by atoms with Gasteiger partial charge in [0.05, 0.1) is 11.4 Å². The Morgan fingerprint density at radius 2 is 1.90 bits per heavy atom. The molecule has 2 amide bonds. The van der Waals surface area contributed by atoms with Crippen LogP contribution in [0.15, 0.2) is 29.3 Å². The average molecular weight is 443 g/mol. The highest BCUT2D eigenvalue weighted by molar-refractivity contribution is 7.17. The van der Waals surface area contributed by atoms with Gasteiger partial charge in [0.15, 0.2) is 11.1 Å². The zero-order chi connectivity index (χ0) is 22.4. The Morgan fingerprint density at radius 1 is 1.23 bits per heavy atom. The maximum Gasteiger partial charge on any atom is 0.265 e. The number of guanidine groups is 1. The molecule has 0 saturated carbocycles. The van der Waals surface area contributed by atoms with Gasteiger partial charge in [-0.15, -0.1) is 0 Å². The van der Waals surface area contributed by atoms with E-state index < -0.39 is 0 Å². The standard InChI is InChI=1S/C21H26N6O3S/c1-13(29)24-21-26-17(7-4-14-2-5-16(6-3-14)25-20(22)23)18(31-21)19(30)27-10-8-15(12-28)9-11-27/h2-3,5-6,12,15H,4,7-11H2,1H3,(H4,22,23,25)(H,24,26,29). The molecule has 0 spiro atoms. The number of nitrogens with one attached hydrogen (secondary N) is 1. The number of nitrogens with two attached hydrogens (primary N) is 2. The van der Waals surface area contributed by atoms with Crippen LogP contribution in [-0.4, -0.2) is 47.0 Å². The number of aliphatic imine (C=N–C) groups is 1. The van der Waals surface area contributed by atoms with Crippen molar-refractivity contribution in [3.05, 3.63) is 40.4 Å². The molecule has 2 aromatic rings. The van der Waals surface area contributed by atoms with Crippen LogP contribution in [0.2, 0.25) is 0 Å². The molecule has 9 nitrogen and oxygen atoms in total. The lowest BCUT2D eigenvalue weighted by molar-refractivity contribution is -0.114. The van der Waals surface area contributed by atoms with Gasteiger partial charge in [0.1, 0.15) is 11.2 Å². The van der Waals surface area contributed by atoms with Crippen LogP contribution in [0.5, 0.6) is 0 Å². The van der Waals surface area contributed by atoms with Gasteiger partial charge in [0, 0.05) is 25.9 Å². The molecule has 0 bridgehead atoms. The van der Waals surface area contributed by atoms with E-state index in [9.17, 15) is 14.4 Å². The number of thiazole rings is 1. The van der Waals surface area contributed by atoms with Crippen LogP contribution in [0.4, 0.5) is 10.8 Å². The van der Waals surface area contributed by atoms with Crippen LogP contribution in [0.3, 0.4) is 0 Å². The third kappa shape index (κ3) is 6.11. The topological polar surface area (TPSA) is 144 Å². The zero-order valence-electron chi connectivity index (χ0n) is 17.3. The summed E-state index contributed by atoms with van der Waals surface area (Å²) in [7, 11) is 0. The van der Waals surface area contributed by atoms with Crippen molar-refractivity contribution >= 4 is 46.2 Å². The van der Waals surface area contributed by atoms with E-state index in [1.165, 1.54) is 18.3 Å². The molecule has 1 aromatic carbocycles. The van der Waals surface area contributed by atoms with Crippen molar-refractivity contribution < 1.29 is 14.4 Å². The van der Waals surface area contributed by atoms with E-state index in [2.05, 4.69) is 15.3 Å². The largest absolute Gasteiger partial charge is 0.370 e. The Balaban J connectivity index is 1.74. The number of likely N-dealkylation sites (tertiary alicyclic amines) is 1. The van der Waals surface area contributed by atoms with Gasteiger partial charge < -0.3 is 26.5 Å². The van der Waals surface area contributed by atoms with Crippen molar-refractivity contribution in [2.45, 2.75) is 32.6 Å². The van der Waals surface area contributed by atoms with Crippen molar-refractivity contribution in [1.29, 1.82) is 0 Å². The van der Waals surface area contributed by atoms with Gasteiger partial charge in [0.25, 0.3) is 5.91 Å². The number of aryl methyl sites for hydroxylation is 2. The molecule has 5 N–H and O–H groups in total. The predicted octanol–water partition coefficient (Wildman–Crippen LogP) is 1.84. The highest BCUT2D eigenvalue weighted by atomic mass is 32.1. The summed E-state index contributed by atoms with van der Waals surface area (Å²) >= 11 is 1.19. The first-order valence-electron chi connectivity index (χ1n) is 10.1. The number of hydrogen-bond donors (Lipinski definition) is 3. The lowest BCUT2D eigenvalue weighted by Gasteiger charge is -2.29. The van der Waals surface area contributed by atoms with Crippen LogP contribution in [0, 0.1) is 5.92 Å². The van der Waals surface area contributed by atoms with Crippen molar-refractivity contribution in [3.63, 3.8) is 0 Å². The van der Waals surface area contributed by atoms with Crippen LogP contribution < -0.4 is 16.8 Å². The van der Waals surface area contributed by atoms with Crippen molar-refractivity contribution in [1.82, 2.24) is 9.88 Å². The van der Waals surface area contributed by atoms with E-state index in [0.29, 0.717) is 60.2 Å². The summed E-state index contributed by atoms with van der Waals surface area (Å²) in [5, 5.41) is 3.09. The van der Waals surface area contributed by atoms with E-state index in [1.807, 2.05) is 24.3 Å². The van der Waals surface area contributed by atoms with Gasteiger partial charge >= 0.3 is 0 Å². The quantitative estimate of drug-likeness (QED) is 0.339. The third-order valence-corrected chi connectivity index (χ3v) is 6.04. The Labute approximate surface area is 184 Å². The minimum Gasteiger partial charge on any atom is -0.370 e. The molecule has 1 aliphatic heterocycles. The number of carbonyl (C=O) groups is 3. The summed E-state index contributed by atoms with van der Waals surface area (Å²) in [6, 6.07) is 7.49. The molecule has 0 unspecified atom stereocenters. The van der Waals surface area contributed by atoms with E-state index in [-0.39, 0.29) is 23.7 Å². The Kier molecular flexibility index (Phi) is 7.35. The number of piperidine rings is 1. The Hall–Kier alpha value is -3.27. The molecule has 0 radical (unpaired) electrons. The minimum absolute atomic E-state index is 0.000976. The molecule has 0 atom stereocenters. The first-order chi connectivity index (χ1) is 14.9. The molecule has 1 fully saturated rings. The fraction of sp³-hybridized carbons (Fsp3) is 0.381. The van der Waals surface area contributed by atoms with E-state index in [4.69, 9.17) is 11.5 Å². The predicted molar refractivity (Wildman–Crippen MR) is 120 cm³/mol. The summed E-state index contributed by atoms with van der Waals surface area (Å²) in [5.41, 5.74) is 13.2. The number of carbonyl (C=O) groups excluding carboxylic acids is 3. The molecular formula is C21H26N6O3S. The molecular weight excluding hydrogens is 416 g/mol. The Bertz CT molecular complexity index is 974. The second kappa shape index (κ2) is 10.2. The number of rotatable bonds is 7. The fourth-order valence-electron chi connectivity index (χ4n) is 3.42. The van der Waals surface area contributed by atoms with Gasteiger partial charge in [-0.05, 0) is 43.4 Å². The lowest BCUT2D eigenvalue weighted by atomic mass is 9.98. The number of aromatic nitrogens is 1. The summed E-state index contributed by atoms with van der Waals surface area (Å²) in [6.45, 7) is 2.49. The van der Waals surface area contributed by atoms with Gasteiger partial charge in [-0.25, -0.2) is 9.98 Å². The lowest BCUT2D eigenvalue weighted by Crippen LogP contribution is -2.38. The fourth-order valence-corrected chi connectivity index (χ4v) is 4.45. The molecule has 1 aliphatic rings. The van der Waals surface area contributed by atoms with Crippen molar-refractivity contribution in [2.24, 2.45) is 22.4 Å². The number of benzene rings is 1. The maximum absolute atomic E-state index is 13.1. The maximum atomic E-state index is 13.1. The summed E-state index contributed by atoms with van der Waals surface area (Å²) in [5.74, 6) is -0.319. The molecule has 0 aliphatic carbocycles. The third-order valence-electron chi connectivity index (χ3n) is 5.04. The molecule has 1 aromatic heterocycles. The van der Waals surface area contributed by atoms with Crippen LogP contribution in [0.1, 0.15) is 40.7 Å². The van der Waals surface area contributed by atoms with Crippen molar-refractivity contribution in [2.75, 3.05) is 18.4 Å². The SMILES string of the molecule is CC(=O)Nc1nc(CCc2ccc(N=C(N)N)cc2)c(C(=O)N2CCC(C=O)CC2)s1. The normalized spacial score (nSPS) is 14.2. The van der Waals surface area contributed by atoms with Crippen LogP contribution in [0.25, 0.3) is 0 Å². The highest BCUT2D eigenvalue weighted by Gasteiger charge is 2.27. The molecule has 10 heteroatoms. The first-order valence-corrected chi connectivity index (χ1v) is 10.9. The van der Waals surface area contributed by atoms with Gasteiger partial charge in [-0.1, -0.05) is 23.5 Å². The van der Waals surface area contributed by atoms with Crippen LogP contribution in [-0.2, 0) is 22.4 Å². The van der Waals surface area contributed by atoms with Gasteiger partial charge in [-0.2, -0.15) is 0 Å². The number of aldehydes is 1. The van der Waals surface area contributed by atoms with Gasteiger partial charge in [0.2, 0.25) is 5.91 Å². The van der Waals surface area contributed by atoms with E-state index in [0.717, 1.165) is 11.8 Å². The zero-order valence-corrected chi connectivity index (χ0v) is 18.2. The second-order valence-corrected chi connectivity index (χ2v) is 8.44. The average Bonchev–Trinajstić information content (AvgIpc) is 3.14. The summed E-state index contributed by atoms with van der Waals surface area (Å²) in [4.78, 5) is 46.4. The molecule has 2 heterocycles. The van der Waals surface area contributed by atoms with Gasteiger partial charge in [-0.3, -0.25) is 9.59 Å². The number of amides is 2. The van der Waals surface area contributed by atoms with Crippen LogP contribution >= 0.6 is 11.3 Å². The monoisotopic (exact) mass is 442 g/mol.